The first-order chi connectivity index (χ1) is 14.2. The second kappa shape index (κ2) is 23.7. The molecular formula is C26H52O3. The van der Waals surface area contributed by atoms with Gasteiger partial charge >= 0.3 is 5.97 Å². The van der Waals surface area contributed by atoms with Crippen molar-refractivity contribution < 1.29 is 15.0 Å². The third kappa shape index (κ3) is 25.4. The maximum atomic E-state index is 10.4. The molecule has 0 aromatic rings. The normalized spacial score (nSPS) is 12.3. The van der Waals surface area contributed by atoms with Gasteiger partial charge in [-0.1, -0.05) is 129 Å². The van der Waals surface area contributed by atoms with Crippen LogP contribution >= 0.6 is 0 Å². The van der Waals surface area contributed by atoms with Crippen LogP contribution in [0.1, 0.15) is 155 Å². The number of carbonyl (C=O) groups is 1. The summed E-state index contributed by atoms with van der Waals surface area (Å²) in [6, 6.07) is 0. The molecule has 3 heteroatoms. The first kappa shape index (κ1) is 28.4. The lowest BCUT2D eigenvalue weighted by atomic mass is 10.0. The van der Waals surface area contributed by atoms with E-state index in [1.165, 1.54) is 103 Å². The monoisotopic (exact) mass is 412 g/mol. The summed E-state index contributed by atoms with van der Waals surface area (Å²) in [5.41, 5.74) is 0. The lowest BCUT2D eigenvalue weighted by Crippen LogP contribution is -2.06. The number of rotatable bonds is 24. The molecule has 0 aliphatic carbocycles. The Morgan fingerprint density at radius 3 is 1.21 bits per heavy atom. The number of aliphatic hydroxyl groups excluding tert-OH is 1. The average Bonchev–Trinajstić information content (AvgIpc) is 2.69. The molecule has 0 spiro atoms. The van der Waals surface area contributed by atoms with Gasteiger partial charge in [0.1, 0.15) is 0 Å². The van der Waals surface area contributed by atoms with E-state index in [0.717, 1.165) is 38.5 Å². The Labute approximate surface area is 182 Å². The maximum Gasteiger partial charge on any atom is 0.303 e. The van der Waals surface area contributed by atoms with E-state index < -0.39 is 5.97 Å². The van der Waals surface area contributed by atoms with E-state index in [-0.39, 0.29) is 12.5 Å². The van der Waals surface area contributed by atoms with Crippen LogP contribution in [-0.4, -0.2) is 22.3 Å². The van der Waals surface area contributed by atoms with E-state index in [1.807, 2.05) is 0 Å². The van der Waals surface area contributed by atoms with Gasteiger partial charge in [-0.05, 0) is 19.3 Å². The molecule has 1 unspecified atom stereocenters. The highest BCUT2D eigenvalue weighted by Crippen LogP contribution is 2.15. The van der Waals surface area contributed by atoms with Gasteiger partial charge in [0.05, 0.1) is 6.10 Å². The van der Waals surface area contributed by atoms with Gasteiger partial charge in [-0.2, -0.15) is 0 Å². The zero-order valence-electron chi connectivity index (χ0n) is 19.6. The number of aliphatic hydroxyl groups is 1. The fraction of sp³-hybridized carbons (Fsp3) is 0.962. The Morgan fingerprint density at radius 1 is 0.552 bits per heavy atom. The van der Waals surface area contributed by atoms with Crippen LogP contribution in [0.15, 0.2) is 0 Å². The van der Waals surface area contributed by atoms with Crippen molar-refractivity contribution in [3.63, 3.8) is 0 Å². The van der Waals surface area contributed by atoms with Crippen molar-refractivity contribution in [3.05, 3.63) is 0 Å². The second-order valence-electron chi connectivity index (χ2n) is 9.09. The van der Waals surface area contributed by atoms with Gasteiger partial charge in [-0.15, -0.1) is 0 Å². The highest BCUT2D eigenvalue weighted by Gasteiger charge is 2.04. The van der Waals surface area contributed by atoms with Crippen molar-refractivity contribution in [2.75, 3.05) is 0 Å². The number of hydrogen-bond acceptors (Lipinski definition) is 2. The SMILES string of the molecule is CCCCCCCCCCCCCCCCCCCC(O)CCCCCC(=O)O. The Balaban J connectivity index is 3.11. The van der Waals surface area contributed by atoms with Gasteiger partial charge in [-0.25, -0.2) is 0 Å². The Bertz CT molecular complexity index is 330. The van der Waals surface area contributed by atoms with Gasteiger partial charge in [-0.3, -0.25) is 4.79 Å². The third-order valence-electron chi connectivity index (χ3n) is 6.07. The molecule has 0 rings (SSSR count). The standard InChI is InChI=1S/C26H52O3/c1-2-3-4-5-6-7-8-9-10-11-12-13-14-15-16-17-19-22-25(27)23-20-18-21-24-26(28)29/h25,27H,2-24H2,1H3,(H,28,29). The quantitative estimate of drug-likeness (QED) is 0.156. The number of hydrogen-bond donors (Lipinski definition) is 2. The van der Waals surface area contributed by atoms with Gasteiger partial charge in [0.15, 0.2) is 0 Å². The molecule has 0 aromatic heterocycles. The molecule has 0 aliphatic heterocycles. The minimum Gasteiger partial charge on any atom is -0.481 e. The molecule has 0 saturated carbocycles. The topological polar surface area (TPSA) is 57.5 Å². The summed E-state index contributed by atoms with van der Waals surface area (Å²) in [7, 11) is 0. The molecule has 174 valence electrons. The molecule has 3 nitrogen and oxygen atoms in total. The molecular weight excluding hydrogens is 360 g/mol. The second-order valence-corrected chi connectivity index (χ2v) is 9.09. The fourth-order valence-corrected chi connectivity index (χ4v) is 4.08. The van der Waals surface area contributed by atoms with Crippen LogP contribution in [-0.2, 0) is 4.79 Å². The van der Waals surface area contributed by atoms with E-state index in [0.29, 0.717) is 0 Å². The largest absolute Gasteiger partial charge is 0.481 e. The summed E-state index contributed by atoms with van der Waals surface area (Å²) in [5, 5.41) is 18.6. The van der Waals surface area contributed by atoms with Crippen LogP contribution in [0.25, 0.3) is 0 Å². The molecule has 1 atom stereocenters. The zero-order valence-corrected chi connectivity index (χ0v) is 19.6. The molecule has 29 heavy (non-hydrogen) atoms. The van der Waals surface area contributed by atoms with Crippen LogP contribution in [0.3, 0.4) is 0 Å². The molecule has 0 fully saturated rings. The Hall–Kier alpha value is -0.570. The zero-order chi connectivity index (χ0) is 21.4. The van der Waals surface area contributed by atoms with Crippen molar-refractivity contribution >= 4 is 5.97 Å². The van der Waals surface area contributed by atoms with Crippen molar-refractivity contribution in [1.82, 2.24) is 0 Å². The number of aliphatic carboxylic acids is 1. The van der Waals surface area contributed by atoms with Crippen LogP contribution in [0.2, 0.25) is 0 Å². The number of unbranched alkanes of at least 4 members (excludes halogenated alkanes) is 18. The van der Waals surface area contributed by atoms with Gasteiger partial charge in [0, 0.05) is 6.42 Å². The van der Waals surface area contributed by atoms with E-state index in [2.05, 4.69) is 6.92 Å². The predicted molar refractivity (Wildman–Crippen MR) is 126 cm³/mol. The van der Waals surface area contributed by atoms with E-state index in [1.54, 1.807) is 0 Å². The van der Waals surface area contributed by atoms with Crippen LogP contribution in [0, 0.1) is 0 Å². The summed E-state index contributed by atoms with van der Waals surface area (Å²) in [4.78, 5) is 10.4. The summed E-state index contributed by atoms with van der Waals surface area (Å²) in [5.74, 6) is -0.714. The van der Waals surface area contributed by atoms with Crippen molar-refractivity contribution in [1.29, 1.82) is 0 Å². The highest BCUT2D eigenvalue weighted by molar-refractivity contribution is 5.66. The number of carboxylic acid groups (broad SMARTS) is 1. The molecule has 0 bridgehead atoms. The fourth-order valence-electron chi connectivity index (χ4n) is 4.08. The van der Waals surface area contributed by atoms with Crippen molar-refractivity contribution in [3.8, 4) is 0 Å². The van der Waals surface area contributed by atoms with Crippen LogP contribution in [0.4, 0.5) is 0 Å². The average molecular weight is 413 g/mol. The van der Waals surface area contributed by atoms with Crippen molar-refractivity contribution in [2.24, 2.45) is 0 Å². The smallest absolute Gasteiger partial charge is 0.303 e. The first-order valence-electron chi connectivity index (χ1n) is 13.1. The summed E-state index contributed by atoms with van der Waals surface area (Å²) >= 11 is 0. The molecule has 0 heterocycles. The number of carboxylic acids is 1. The van der Waals surface area contributed by atoms with Crippen LogP contribution in [0.5, 0.6) is 0 Å². The molecule has 0 aliphatic rings. The third-order valence-corrected chi connectivity index (χ3v) is 6.07. The molecule has 0 aromatic carbocycles. The minimum absolute atomic E-state index is 0.184. The molecule has 2 N–H and O–H groups in total. The van der Waals surface area contributed by atoms with Crippen molar-refractivity contribution in [2.45, 2.75) is 161 Å². The lowest BCUT2D eigenvalue weighted by molar-refractivity contribution is -0.137. The van der Waals surface area contributed by atoms with E-state index in [9.17, 15) is 9.90 Å². The molecule has 0 amide bonds. The van der Waals surface area contributed by atoms with Gasteiger partial charge in [0.2, 0.25) is 0 Å². The Kier molecular flexibility index (Phi) is 23.2. The lowest BCUT2D eigenvalue weighted by Gasteiger charge is -2.10. The maximum absolute atomic E-state index is 10.4. The summed E-state index contributed by atoms with van der Waals surface area (Å²) in [6.45, 7) is 2.28. The highest BCUT2D eigenvalue weighted by atomic mass is 16.4. The summed E-state index contributed by atoms with van der Waals surface area (Å²) in [6.07, 6.45) is 27.9. The summed E-state index contributed by atoms with van der Waals surface area (Å²) < 4.78 is 0. The molecule has 0 radical (unpaired) electrons. The van der Waals surface area contributed by atoms with E-state index in [4.69, 9.17) is 5.11 Å². The Morgan fingerprint density at radius 2 is 0.862 bits per heavy atom. The van der Waals surface area contributed by atoms with E-state index >= 15 is 0 Å². The first-order valence-corrected chi connectivity index (χ1v) is 13.1. The van der Waals surface area contributed by atoms with Gasteiger partial charge < -0.3 is 10.2 Å². The predicted octanol–water partition coefficient (Wildman–Crippen LogP) is 8.42. The molecule has 0 saturated heterocycles. The minimum atomic E-state index is -0.714. The van der Waals surface area contributed by atoms with Crippen LogP contribution < -0.4 is 0 Å². The van der Waals surface area contributed by atoms with Gasteiger partial charge in [0.25, 0.3) is 0 Å².